The summed E-state index contributed by atoms with van der Waals surface area (Å²) in [5.41, 5.74) is 0.0382. The van der Waals surface area contributed by atoms with Crippen molar-refractivity contribution in [1.82, 2.24) is 10.2 Å². The van der Waals surface area contributed by atoms with E-state index in [0.717, 1.165) is 28.8 Å². The number of nitrogens with zero attached hydrogens (tertiary/aromatic N) is 1. The van der Waals surface area contributed by atoms with E-state index in [1.165, 1.54) is 12.1 Å². The molecule has 0 bridgehead atoms. The molecule has 1 aromatic rings. The van der Waals surface area contributed by atoms with Crippen LogP contribution in [0.5, 0.6) is 0 Å². The van der Waals surface area contributed by atoms with Gasteiger partial charge in [-0.25, -0.2) is 9.59 Å². The molecule has 0 radical (unpaired) electrons. The van der Waals surface area contributed by atoms with Gasteiger partial charge in [-0.2, -0.15) is 0 Å². The number of fused-ring (bicyclic) bond motifs is 1. The third-order valence-electron chi connectivity index (χ3n) is 4.57. The van der Waals surface area contributed by atoms with Gasteiger partial charge >= 0.3 is 17.9 Å². The van der Waals surface area contributed by atoms with Crippen LogP contribution >= 0.6 is 11.8 Å². The number of carbonyl (C=O) groups is 5. The number of allylic oxidation sites excluding steroid dienone is 1. The fourth-order valence-electron chi connectivity index (χ4n) is 3.23. The molecule has 0 spiro atoms. The Hall–Kier alpha value is -3.60. The molecule has 2 unspecified atom stereocenters. The summed E-state index contributed by atoms with van der Waals surface area (Å²) in [6.45, 7) is 0. The van der Waals surface area contributed by atoms with Crippen LogP contribution < -0.4 is 5.32 Å². The van der Waals surface area contributed by atoms with Crippen molar-refractivity contribution in [3.63, 3.8) is 0 Å². The van der Waals surface area contributed by atoms with Gasteiger partial charge in [0.05, 0.1) is 0 Å². The Balaban J connectivity index is 1.81. The highest BCUT2D eigenvalue weighted by Gasteiger charge is 2.54. The van der Waals surface area contributed by atoms with E-state index in [1.807, 2.05) is 0 Å². The average molecular weight is 432 g/mol. The summed E-state index contributed by atoms with van der Waals surface area (Å²) in [5.74, 6) is -7.07. The Morgan fingerprint density at radius 1 is 1.13 bits per heavy atom. The van der Waals surface area contributed by atoms with Crippen LogP contribution in [-0.4, -0.2) is 67.1 Å². The fourth-order valence-corrected chi connectivity index (χ4v) is 4.55. The molecular formula is C19H16N2O8S. The van der Waals surface area contributed by atoms with Gasteiger partial charge in [0.1, 0.15) is 17.1 Å². The van der Waals surface area contributed by atoms with Crippen LogP contribution in [0.3, 0.4) is 0 Å². The highest BCUT2D eigenvalue weighted by atomic mass is 32.2. The van der Waals surface area contributed by atoms with Crippen LogP contribution in [0.1, 0.15) is 11.5 Å². The number of thioether (sulfide) groups is 1. The quantitative estimate of drug-likeness (QED) is 0.268. The van der Waals surface area contributed by atoms with Crippen LogP contribution in [0.25, 0.3) is 0 Å². The number of carboxylic acid groups (broad SMARTS) is 3. The lowest BCUT2D eigenvalue weighted by molar-refractivity contribution is -0.152. The molecule has 2 aliphatic heterocycles. The van der Waals surface area contributed by atoms with E-state index in [4.69, 9.17) is 5.11 Å². The molecule has 4 N–H and O–H groups in total. The summed E-state index contributed by atoms with van der Waals surface area (Å²) >= 11 is 1.14. The maximum atomic E-state index is 12.6. The molecule has 1 aromatic carbocycles. The van der Waals surface area contributed by atoms with Crippen LogP contribution in [0, 0.1) is 0 Å². The lowest BCUT2D eigenvalue weighted by Crippen LogP contribution is -2.71. The zero-order valence-corrected chi connectivity index (χ0v) is 16.0. The first kappa shape index (κ1) is 21.1. The van der Waals surface area contributed by atoms with Crippen molar-refractivity contribution in [2.45, 2.75) is 17.3 Å². The Morgan fingerprint density at radius 3 is 2.37 bits per heavy atom. The van der Waals surface area contributed by atoms with Gasteiger partial charge in [-0.1, -0.05) is 30.3 Å². The molecule has 11 heteroatoms. The van der Waals surface area contributed by atoms with Gasteiger partial charge in [0.25, 0.3) is 5.91 Å². The molecule has 2 heterocycles. The number of benzene rings is 1. The number of rotatable bonds is 7. The van der Waals surface area contributed by atoms with E-state index < -0.39 is 47.1 Å². The highest BCUT2D eigenvalue weighted by molar-refractivity contribution is 8.00. The number of carbonyl (C=O) groups excluding carboxylic acids is 2. The number of nitrogens with one attached hydrogen (secondary N) is 1. The summed E-state index contributed by atoms with van der Waals surface area (Å²) < 4.78 is 0. The Morgan fingerprint density at radius 2 is 1.80 bits per heavy atom. The van der Waals surface area contributed by atoms with Crippen molar-refractivity contribution in [3.05, 3.63) is 59.3 Å². The van der Waals surface area contributed by atoms with E-state index in [1.54, 1.807) is 18.2 Å². The van der Waals surface area contributed by atoms with Crippen LogP contribution in [0.15, 0.2) is 53.8 Å². The number of hydrogen-bond donors (Lipinski definition) is 4. The lowest BCUT2D eigenvalue weighted by atomic mass is 9.96. The average Bonchev–Trinajstić information content (AvgIpc) is 2.70. The van der Waals surface area contributed by atoms with E-state index in [-0.39, 0.29) is 22.6 Å². The van der Waals surface area contributed by atoms with Gasteiger partial charge < -0.3 is 20.6 Å². The van der Waals surface area contributed by atoms with Crippen molar-refractivity contribution in [2.24, 2.45) is 0 Å². The first-order valence-electron chi connectivity index (χ1n) is 8.62. The minimum Gasteiger partial charge on any atom is -0.480 e. The third kappa shape index (κ3) is 3.92. The maximum absolute atomic E-state index is 12.6. The summed E-state index contributed by atoms with van der Waals surface area (Å²) in [7, 11) is 0. The van der Waals surface area contributed by atoms with E-state index in [9.17, 15) is 34.2 Å². The minimum atomic E-state index is -1.52. The predicted molar refractivity (Wildman–Crippen MR) is 103 cm³/mol. The molecule has 2 aliphatic rings. The topological polar surface area (TPSA) is 161 Å². The van der Waals surface area contributed by atoms with Crippen molar-refractivity contribution in [3.8, 4) is 0 Å². The molecule has 30 heavy (non-hydrogen) atoms. The normalized spacial score (nSPS) is 21.6. The predicted octanol–water partition coefficient (Wildman–Crippen LogP) is 0.234. The van der Waals surface area contributed by atoms with Gasteiger partial charge in [0, 0.05) is 11.8 Å². The van der Waals surface area contributed by atoms with E-state index in [2.05, 4.69) is 5.32 Å². The van der Waals surface area contributed by atoms with Gasteiger partial charge in [0.15, 0.2) is 5.92 Å². The number of hydrogen-bond acceptors (Lipinski definition) is 6. The van der Waals surface area contributed by atoms with Crippen molar-refractivity contribution < 1.29 is 39.3 Å². The Labute approximate surface area is 173 Å². The largest absolute Gasteiger partial charge is 0.480 e. The maximum Gasteiger partial charge on any atom is 0.352 e. The second kappa shape index (κ2) is 8.41. The molecule has 156 valence electrons. The summed E-state index contributed by atoms with van der Waals surface area (Å²) in [4.78, 5) is 60.1. The van der Waals surface area contributed by atoms with Crippen LogP contribution in [0.4, 0.5) is 0 Å². The molecule has 1 fully saturated rings. The van der Waals surface area contributed by atoms with E-state index >= 15 is 0 Å². The van der Waals surface area contributed by atoms with Gasteiger partial charge in [-0.05, 0) is 17.2 Å². The molecular weight excluding hydrogens is 416 g/mol. The van der Waals surface area contributed by atoms with Gasteiger partial charge in [-0.3, -0.25) is 19.3 Å². The molecule has 1 saturated heterocycles. The fraction of sp³-hybridized carbons (Fsp3) is 0.211. The van der Waals surface area contributed by atoms with E-state index in [0.29, 0.717) is 0 Å². The summed E-state index contributed by atoms with van der Waals surface area (Å²) in [5, 5.41) is 29.4. The molecule has 0 aromatic heterocycles. The molecule has 2 amide bonds. The first-order chi connectivity index (χ1) is 14.2. The van der Waals surface area contributed by atoms with Gasteiger partial charge in [-0.15, -0.1) is 11.8 Å². The lowest BCUT2D eigenvalue weighted by Gasteiger charge is -2.49. The van der Waals surface area contributed by atoms with Crippen LogP contribution in [-0.2, 0) is 24.0 Å². The standard InChI is InChI=1S/C19H16N2O8S/c22-11(23)7-6-10-8-30-17-13(16(25)21(17)14(10)19(28)29)20-15(24)12(18(26)27)9-4-2-1-3-5-9/h1-7,12-13,17H,8H2,(H,20,24)(H,22,23)(H,26,27)(H,28,29)/t12?,13?,17-/m1/s1. The third-order valence-corrected chi connectivity index (χ3v) is 5.87. The highest BCUT2D eigenvalue weighted by Crippen LogP contribution is 2.40. The monoisotopic (exact) mass is 432 g/mol. The first-order valence-corrected chi connectivity index (χ1v) is 9.67. The molecule has 0 saturated carbocycles. The molecule has 3 rings (SSSR count). The molecule has 3 atom stereocenters. The Kier molecular flexibility index (Phi) is 5.92. The molecule has 0 aliphatic carbocycles. The summed E-state index contributed by atoms with van der Waals surface area (Å²) in [6, 6.07) is 6.71. The van der Waals surface area contributed by atoms with Crippen LogP contribution in [0.2, 0.25) is 0 Å². The van der Waals surface area contributed by atoms with Crippen molar-refractivity contribution in [2.75, 3.05) is 5.75 Å². The number of aliphatic carboxylic acids is 3. The smallest absolute Gasteiger partial charge is 0.352 e. The van der Waals surface area contributed by atoms with Gasteiger partial charge in [0.2, 0.25) is 5.91 Å². The minimum absolute atomic E-state index is 0.104. The van der Waals surface area contributed by atoms with Crippen molar-refractivity contribution in [1.29, 1.82) is 0 Å². The summed E-state index contributed by atoms with van der Waals surface area (Å²) in [6.07, 6.45) is 1.89. The number of amides is 2. The van der Waals surface area contributed by atoms with Crippen molar-refractivity contribution >= 4 is 41.5 Å². The zero-order chi connectivity index (χ0) is 22.0. The SMILES string of the molecule is O=C(O)C=CC1=C(C(=O)O)N2C(=O)C(NC(=O)C(C(=O)O)c3ccccc3)[C@H]2SC1. The molecule has 10 nitrogen and oxygen atoms in total. The zero-order valence-electron chi connectivity index (χ0n) is 15.2. The Bertz CT molecular complexity index is 988. The number of β-lactam (4-membered cyclic amide) rings is 1. The second-order valence-electron chi connectivity index (χ2n) is 6.43. The number of carboxylic acids is 3. The second-order valence-corrected chi connectivity index (χ2v) is 7.53.